The maximum atomic E-state index is 12.3. The fourth-order valence-electron chi connectivity index (χ4n) is 3.15. The maximum absolute atomic E-state index is 12.3. The third-order valence-corrected chi connectivity index (χ3v) is 4.33. The topological polar surface area (TPSA) is 72.3 Å². The summed E-state index contributed by atoms with van der Waals surface area (Å²) in [6, 6.07) is 0.0115. The van der Waals surface area contributed by atoms with Gasteiger partial charge >= 0.3 is 6.03 Å². The summed E-state index contributed by atoms with van der Waals surface area (Å²) in [6.45, 7) is 2.96. The largest absolute Gasteiger partial charge is 0.376 e. The zero-order chi connectivity index (χ0) is 14.7. The first-order chi connectivity index (χ1) is 10.2. The molecule has 7 heteroatoms. The van der Waals surface area contributed by atoms with E-state index in [9.17, 15) is 4.79 Å². The van der Waals surface area contributed by atoms with Crippen molar-refractivity contribution in [1.29, 1.82) is 0 Å². The molecule has 0 spiro atoms. The monoisotopic (exact) mass is 293 g/mol. The van der Waals surface area contributed by atoms with Crippen LogP contribution in [0, 0.1) is 0 Å². The Morgan fingerprint density at radius 2 is 2.38 bits per heavy atom. The lowest BCUT2D eigenvalue weighted by atomic mass is 9.97. The van der Waals surface area contributed by atoms with Gasteiger partial charge in [0, 0.05) is 39.2 Å². The summed E-state index contributed by atoms with van der Waals surface area (Å²) in [5.41, 5.74) is 0. The number of nitrogens with one attached hydrogen (secondary N) is 1. The number of carbonyl (C=O) groups excluding carboxylic acids is 1. The second-order valence-corrected chi connectivity index (χ2v) is 5.91. The Kier molecular flexibility index (Phi) is 4.38. The van der Waals surface area contributed by atoms with Crippen LogP contribution in [0.1, 0.15) is 37.4 Å². The van der Waals surface area contributed by atoms with Crippen molar-refractivity contribution in [1.82, 2.24) is 25.0 Å². The number of hydrogen-bond acceptors (Lipinski definition) is 4. The molecular weight excluding hydrogens is 270 g/mol. The van der Waals surface area contributed by atoms with Gasteiger partial charge in [-0.1, -0.05) is 0 Å². The third kappa shape index (κ3) is 3.34. The number of aromatic nitrogens is 3. The molecule has 0 saturated carbocycles. The maximum Gasteiger partial charge on any atom is 0.317 e. The highest BCUT2D eigenvalue weighted by Crippen LogP contribution is 2.25. The summed E-state index contributed by atoms with van der Waals surface area (Å²) in [5.74, 6) is 1.24. The van der Waals surface area contributed by atoms with E-state index in [-0.39, 0.29) is 18.1 Å². The molecule has 116 valence electrons. The molecule has 0 aliphatic carbocycles. The predicted molar refractivity (Wildman–Crippen MR) is 76.9 cm³/mol. The van der Waals surface area contributed by atoms with Crippen molar-refractivity contribution >= 4 is 6.03 Å². The Hall–Kier alpha value is -1.63. The first-order valence-corrected chi connectivity index (χ1v) is 7.72. The van der Waals surface area contributed by atoms with Crippen LogP contribution < -0.4 is 5.32 Å². The minimum Gasteiger partial charge on any atom is -0.376 e. The van der Waals surface area contributed by atoms with Crippen molar-refractivity contribution in [2.24, 2.45) is 7.05 Å². The van der Waals surface area contributed by atoms with Crippen LogP contribution in [-0.2, 0) is 11.8 Å². The lowest BCUT2D eigenvalue weighted by Gasteiger charge is -2.32. The minimum atomic E-state index is 0.0115. The van der Waals surface area contributed by atoms with E-state index in [0.29, 0.717) is 13.1 Å². The van der Waals surface area contributed by atoms with Crippen molar-refractivity contribution in [3.63, 3.8) is 0 Å². The molecule has 1 aromatic rings. The van der Waals surface area contributed by atoms with Crippen LogP contribution in [0.3, 0.4) is 0 Å². The zero-order valence-electron chi connectivity index (χ0n) is 12.5. The Labute approximate surface area is 124 Å². The van der Waals surface area contributed by atoms with Crippen LogP contribution in [-0.4, -0.2) is 58.0 Å². The van der Waals surface area contributed by atoms with Crippen LogP contribution in [0.15, 0.2) is 6.33 Å². The fraction of sp³-hybridized carbons (Fsp3) is 0.786. The number of hydrogen-bond donors (Lipinski definition) is 1. The summed E-state index contributed by atoms with van der Waals surface area (Å²) in [4.78, 5) is 14.2. The van der Waals surface area contributed by atoms with Crippen LogP contribution in [0.2, 0.25) is 0 Å². The number of rotatable bonds is 3. The summed E-state index contributed by atoms with van der Waals surface area (Å²) in [6.07, 6.45) is 6.10. The van der Waals surface area contributed by atoms with E-state index < -0.39 is 0 Å². The smallest absolute Gasteiger partial charge is 0.317 e. The molecule has 3 rings (SSSR count). The van der Waals surface area contributed by atoms with Gasteiger partial charge in [-0.3, -0.25) is 0 Å². The molecular formula is C14H23N5O2. The van der Waals surface area contributed by atoms with E-state index >= 15 is 0 Å². The molecule has 2 amide bonds. The molecule has 2 atom stereocenters. The molecule has 21 heavy (non-hydrogen) atoms. The number of piperidine rings is 1. The van der Waals surface area contributed by atoms with E-state index in [4.69, 9.17) is 4.74 Å². The quantitative estimate of drug-likeness (QED) is 0.898. The van der Waals surface area contributed by atoms with Crippen LogP contribution in [0.5, 0.6) is 0 Å². The Morgan fingerprint density at radius 3 is 3.10 bits per heavy atom. The molecule has 2 aliphatic rings. The van der Waals surface area contributed by atoms with Gasteiger partial charge in [0.15, 0.2) is 0 Å². The highest BCUT2D eigenvalue weighted by Gasteiger charge is 2.28. The average Bonchev–Trinajstić information content (AvgIpc) is 3.16. The molecule has 0 unspecified atom stereocenters. The van der Waals surface area contributed by atoms with Gasteiger partial charge in [0.25, 0.3) is 0 Å². The molecule has 1 N–H and O–H groups in total. The van der Waals surface area contributed by atoms with Gasteiger partial charge in [0.05, 0.1) is 6.10 Å². The van der Waals surface area contributed by atoms with E-state index in [0.717, 1.165) is 44.7 Å². The molecule has 0 aromatic carbocycles. The molecule has 2 aliphatic heterocycles. The standard InChI is InChI=1S/C14H23N5O2/c1-18-10-16-17-13(18)11-4-2-6-19(9-11)14(20)15-8-12-5-3-7-21-12/h10-12H,2-9H2,1H3,(H,15,20)/t11-,12+/m1/s1. The van der Waals surface area contributed by atoms with Crippen molar-refractivity contribution in [2.45, 2.75) is 37.7 Å². The van der Waals surface area contributed by atoms with Gasteiger partial charge in [-0.15, -0.1) is 10.2 Å². The number of aryl methyl sites for hydroxylation is 1. The van der Waals surface area contributed by atoms with Crippen LogP contribution >= 0.6 is 0 Å². The fourth-order valence-corrected chi connectivity index (χ4v) is 3.15. The lowest BCUT2D eigenvalue weighted by Crippen LogP contribution is -2.47. The Balaban J connectivity index is 1.53. The average molecular weight is 293 g/mol. The molecule has 0 radical (unpaired) electrons. The molecule has 2 saturated heterocycles. The first-order valence-electron chi connectivity index (χ1n) is 7.72. The number of amides is 2. The second kappa shape index (κ2) is 6.43. The van der Waals surface area contributed by atoms with Crippen molar-refractivity contribution in [3.05, 3.63) is 12.2 Å². The normalized spacial score (nSPS) is 26.0. The number of ether oxygens (including phenoxy) is 1. The number of urea groups is 1. The number of likely N-dealkylation sites (tertiary alicyclic amines) is 1. The number of carbonyl (C=O) groups is 1. The van der Waals surface area contributed by atoms with E-state index in [1.807, 2.05) is 16.5 Å². The SMILES string of the molecule is Cn1cnnc1[C@@H]1CCCN(C(=O)NC[C@@H]2CCCO2)C1. The van der Waals surface area contributed by atoms with Gasteiger partial charge in [0.1, 0.15) is 12.2 Å². The molecule has 2 fully saturated rings. The van der Waals surface area contributed by atoms with Gasteiger partial charge in [0.2, 0.25) is 0 Å². The summed E-state index contributed by atoms with van der Waals surface area (Å²) >= 11 is 0. The summed E-state index contributed by atoms with van der Waals surface area (Å²) in [7, 11) is 1.95. The van der Waals surface area contributed by atoms with Gasteiger partial charge in [-0.05, 0) is 25.7 Å². The van der Waals surface area contributed by atoms with Crippen LogP contribution in [0.25, 0.3) is 0 Å². The van der Waals surface area contributed by atoms with E-state index in [1.54, 1.807) is 6.33 Å². The van der Waals surface area contributed by atoms with Crippen molar-refractivity contribution in [2.75, 3.05) is 26.2 Å². The third-order valence-electron chi connectivity index (χ3n) is 4.33. The second-order valence-electron chi connectivity index (χ2n) is 5.91. The van der Waals surface area contributed by atoms with Crippen molar-refractivity contribution in [3.8, 4) is 0 Å². The van der Waals surface area contributed by atoms with E-state index in [1.165, 1.54) is 0 Å². The first kappa shape index (κ1) is 14.3. The number of nitrogens with zero attached hydrogens (tertiary/aromatic N) is 4. The van der Waals surface area contributed by atoms with Crippen molar-refractivity contribution < 1.29 is 9.53 Å². The highest BCUT2D eigenvalue weighted by atomic mass is 16.5. The molecule has 1 aromatic heterocycles. The molecule has 0 bridgehead atoms. The Morgan fingerprint density at radius 1 is 1.48 bits per heavy atom. The minimum absolute atomic E-state index is 0.0115. The summed E-state index contributed by atoms with van der Waals surface area (Å²) in [5, 5.41) is 11.1. The zero-order valence-corrected chi connectivity index (χ0v) is 12.5. The van der Waals surface area contributed by atoms with Crippen LogP contribution in [0.4, 0.5) is 4.79 Å². The lowest BCUT2D eigenvalue weighted by molar-refractivity contribution is 0.107. The van der Waals surface area contributed by atoms with Gasteiger partial charge in [-0.2, -0.15) is 0 Å². The van der Waals surface area contributed by atoms with Gasteiger partial charge in [-0.25, -0.2) is 4.79 Å². The predicted octanol–water partition coefficient (Wildman–Crippen LogP) is 0.883. The molecule has 7 nitrogen and oxygen atoms in total. The summed E-state index contributed by atoms with van der Waals surface area (Å²) < 4.78 is 7.47. The molecule has 3 heterocycles. The Bertz CT molecular complexity index is 483. The van der Waals surface area contributed by atoms with E-state index in [2.05, 4.69) is 15.5 Å². The van der Waals surface area contributed by atoms with Gasteiger partial charge < -0.3 is 19.5 Å². The highest BCUT2D eigenvalue weighted by molar-refractivity contribution is 5.74.